The SMILES string of the molecule is CCCN(CC)c1ccc(CNC)nn1. The maximum absolute atomic E-state index is 4.22. The highest BCUT2D eigenvalue weighted by Gasteiger charge is 2.04. The molecule has 15 heavy (non-hydrogen) atoms. The zero-order valence-electron chi connectivity index (χ0n) is 9.82. The molecule has 4 nitrogen and oxygen atoms in total. The highest BCUT2D eigenvalue weighted by atomic mass is 15.3. The minimum atomic E-state index is 0.771. The van der Waals surface area contributed by atoms with Crippen molar-refractivity contribution in [2.45, 2.75) is 26.8 Å². The van der Waals surface area contributed by atoms with E-state index in [1.165, 1.54) is 0 Å². The van der Waals surface area contributed by atoms with Gasteiger partial charge in [-0.1, -0.05) is 6.92 Å². The summed E-state index contributed by atoms with van der Waals surface area (Å²) in [6.45, 7) is 7.10. The molecular formula is C11H20N4. The van der Waals surface area contributed by atoms with Crippen LogP contribution in [0.4, 0.5) is 5.82 Å². The van der Waals surface area contributed by atoms with Gasteiger partial charge in [-0.25, -0.2) is 0 Å². The van der Waals surface area contributed by atoms with E-state index in [0.717, 1.165) is 37.6 Å². The van der Waals surface area contributed by atoms with Gasteiger partial charge < -0.3 is 10.2 Å². The van der Waals surface area contributed by atoms with Crippen LogP contribution in [0, 0.1) is 0 Å². The molecule has 1 aromatic rings. The zero-order valence-corrected chi connectivity index (χ0v) is 9.82. The second kappa shape index (κ2) is 6.35. The Kier molecular flexibility index (Phi) is 5.04. The largest absolute Gasteiger partial charge is 0.355 e. The van der Waals surface area contributed by atoms with Gasteiger partial charge >= 0.3 is 0 Å². The number of rotatable bonds is 6. The molecule has 0 aliphatic rings. The van der Waals surface area contributed by atoms with Gasteiger partial charge in [0.25, 0.3) is 0 Å². The number of hydrogen-bond donors (Lipinski definition) is 1. The Labute approximate surface area is 91.7 Å². The molecule has 0 saturated heterocycles. The van der Waals surface area contributed by atoms with Crippen LogP contribution in [-0.4, -0.2) is 30.3 Å². The van der Waals surface area contributed by atoms with E-state index in [1.807, 2.05) is 19.2 Å². The fourth-order valence-corrected chi connectivity index (χ4v) is 1.50. The monoisotopic (exact) mass is 208 g/mol. The summed E-state index contributed by atoms with van der Waals surface area (Å²) in [7, 11) is 1.91. The van der Waals surface area contributed by atoms with Gasteiger partial charge in [-0.15, -0.1) is 5.10 Å². The molecular weight excluding hydrogens is 188 g/mol. The molecule has 1 aromatic heterocycles. The van der Waals surface area contributed by atoms with Gasteiger partial charge in [0.15, 0.2) is 5.82 Å². The molecule has 0 atom stereocenters. The van der Waals surface area contributed by atoms with Crippen LogP contribution >= 0.6 is 0 Å². The van der Waals surface area contributed by atoms with Crippen LogP contribution in [0.1, 0.15) is 26.0 Å². The lowest BCUT2D eigenvalue weighted by atomic mass is 10.3. The van der Waals surface area contributed by atoms with Gasteiger partial charge in [-0.3, -0.25) is 0 Å². The lowest BCUT2D eigenvalue weighted by Crippen LogP contribution is -2.25. The number of nitrogens with zero attached hydrogens (tertiary/aromatic N) is 3. The van der Waals surface area contributed by atoms with Crippen molar-refractivity contribution in [3.05, 3.63) is 17.8 Å². The third-order valence-corrected chi connectivity index (χ3v) is 2.26. The summed E-state index contributed by atoms with van der Waals surface area (Å²) < 4.78 is 0. The molecule has 0 radical (unpaired) electrons. The van der Waals surface area contributed by atoms with E-state index in [0.29, 0.717) is 0 Å². The molecule has 1 heterocycles. The Morgan fingerprint density at radius 3 is 2.53 bits per heavy atom. The summed E-state index contributed by atoms with van der Waals surface area (Å²) >= 11 is 0. The molecule has 0 bridgehead atoms. The van der Waals surface area contributed by atoms with Crippen molar-refractivity contribution in [2.75, 3.05) is 25.0 Å². The zero-order chi connectivity index (χ0) is 11.1. The van der Waals surface area contributed by atoms with Crippen molar-refractivity contribution >= 4 is 5.82 Å². The van der Waals surface area contributed by atoms with Gasteiger partial charge in [-0.05, 0) is 32.5 Å². The Hall–Kier alpha value is -1.16. The highest BCUT2D eigenvalue weighted by Crippen LogP contribution is 2.09. The molecule has 0 spiro atoms. The average Bonchev–Trinajstić information content (AvgIpc) is 2.28. The molecule has 84 valence electrons. The summed E-state index contributed by atoms with van der Waals surface area (Å²) in [5, 5.41) is 11.4. The molecule has 0 aliphatic heterocycles. The van der Waals surface area contributed by atoms with E-state index in [2.05, 4.69) is 34.3 Å². The maximum Gasteiger partial charge on any atom is 0.151 e. The first-order valence-corrected chi connectivity index (χ1v) is 5.54. The second-order valence-electron chi connectivity index (χ2n) is 3.49. The molecule has 0 saturated carbocycles. The Morgan fingerprint density at radius 2 is 2.07 bits per heavy atom. The molecule has 1 N–H and O–H groups in total. The predicted molar refractivity (Wildman–Crippen MR) is 63.0 cm³/mol. The van der Waals surface area contributed by atoms with Crippen LogP contribution in [0.5, 0.6) is 0 Å². The summed E-state index contributed by atoms with van der Waals surface area (Å²) in [5.74, 6) is 0.971. The summed E-state index contributed by atoms with van der Waals surface area (Å²) in [6, 6.07) is 4.07. The van der Waals surface area contributed by atoms with Crippen LogP contribution < -0.4 is 10.2 Å². The van der Waals surface area contributed by atoms with E-state index < -0.39 is 0 Å². The molecule has 0 fully saturated rings. The predicted octanol–water partition coefficient (Wildman–Crippen LogP) is 1.43. The third-order valence-electron chi connectivity index (χ3n) is 2.26. The minimum absolute atomic E-state index is 0.771. The fraction of sp³-hybridized carbons (Fsp3) is 0.636. The summed E-state index contributed by atoms with van der Waals surface area (Å²) in [5.41, 5.74) is 0.980. The number of nitrogens with one attached hydrogen (secondary N) is 1. The van der Waals surface area contributed by atoms with Crippen molar-refractivity contribution in [1.82, 2.24) is 15.5 Å². The van der Waals surface area contributed by atoms with Gasteiger partial charge in [0.1, 0.15) is 0 Å². The van der Waals surface area contributed by atoms with Gasteiger partial charge in [0, 0.05) is 19.6 Å². The lowest BCUT2D eigenvalue weighted by Gasteiger charge is -2.20. The van der Waals surface area contributed by atoms with Gasteiger partial charge in [0.2, 0.25) is 0 Å². The maximum atomic E-state index is 4.22. The first kappa shape index (κ1) is 11.9. The average molecular weight is 208 g/mol. The summed E-state index contributed by atoms with van der Waals surface area (Å²) in [6.07, 6.45) is 1.13. The van der Waals surface area contributed by atoms with Crippen LogP contribution in [0.25, 0.3) is 0 Å². The minimum Gasteiger partial charge on any atom is -0.355 e. The van der Waals surface area contributed by atoms with E-state index in [4.69, 9.17) is 0 Å². The Balaban J connectivity index is 2.68. The molecule has 4 heteroatoms. The van der Waals surface area contributed by atoms with E-state index >= 15 is 0 Å². The standard InChI is InChI=1S/C11H20N4/c1-4-8-15(5-2)11-7-6-10(9-12-3)13-14-11/h6-7,12H,4-5,8-9H2,1-3H3. The Morgan fingerprint density at radius 1 is 1.27 bits per heavy atom. The smallest absolute Gasteiger partial charge is 0.151 e. The first-order valence-electron chi connectivity index (χ1n) is 5.54. The van der Waals surface area contributed by atoms with Crippen molar-refractivity contribution in [2.24, 2.45) is 0 Å². The van der Waals surface area contributed by atoms with E-state index in [-0.39, 0.29) is 0 Å². The van der Waals surface area contributed by atoms with Crippen LogP contribution in [0.15, 0.2) is 12.1 Å². The normalized spacial score (nSPS) is 10.3. The number of aromatic nitrogens is 2. The number of hydrogen-bond acceptors (Lipinski definition) is 4. The fourth-order valence-electron chi connectivity index (χ4n) is 1.50. The van der Waals surface area contributed by atoms with Crippen molar-refractivity contribution < 1.29 is 0 Å². The van der Waals surface area contributed by atoms with Crippen molar-refractivity contribution in [1.29, 1.82) is 0 Å². The molecule has 1 rings (SSSR count). The Bertz CT molecular complexity index is 270. The number of anilines is 1. The van der Waals surface area contributed by atoms with Gasteiger partial charge in [0.05, 0.1) is 5.69 Å². The topological polar surface area (TPSA) is 41.0 Å². The molecule has 0 aromatic carbocycles. The molecule has 0 aliphatic carbocycles. The quantitative estimate of drug-likeness (QED) is 0.768. The second-order valence-corrected chi connectivity index (χ2v) is 3.49. The van der Waals surface area contributed by atoms with Crippen LogP contribution in [-0.2, 0) is 6.54 Å². The molecule has 0 unspecified atom stereocenters. The van der Waals surface area contributed by atoms with Crippen molar-refractivity contribution in [3.63, 3.8) is 0 Å². The molecule has 0 amide bonds. The van der Waals surface area contributed by atoms with Crippen LogP contribution in [0.2, 0.25) is 0 Å². The van der Waals surface area contributed by atoms with E-state index in [9.17, 15) is 0 Å². The highest BCUT2D eigenvalue weighted by molar-refractivity contribution is 5.36. The lowest BCUT2D eigenvalue weighted by molar-refractivity contribution is 0.738. The van der Waals surface area contributed by atoms with Crippen LogP contribution in [0.3, 0.4) is 0 Å². The van der Waals surface area contributed by atoms with E-state index in [1.54, 1.807) is 0 Å². The first-order chi connectivity index (χ1) is 7.31. The third kappa shape index (κ3) is 3.47. The van der Waals surface area contributed by atoms with Gasteiger partial charge in [-0.2, -0.15) is 5.10 Å². The summed E-state index contributed by atoms with van der Waals surface area (Å²) in [4.78, 5) is 2.23. The van der Waals surface area contributed by atoms with Crippen molar-refractivity contribution in [3.8, 4) is 0 Å².